The molecule has 25 heavy (non-hydrogen) atoms. The maximum atomic E-state index is 12.6. The molecule has 0 bridgehead atoms. The number of nitrogens with zero attached hydrogens (tertiary/aromatic N) is 2. The minimum Gasteiger partial charge on any atom is -0.481 e. The summed E-state index contributed by atoms with van der Waals surface area (Å²) in [6, 6.07) is 19.9. The van der Waals surface area contributed by atoms with Crippen LogP contribution in [-0.2, 0) is 4.79 Å². The SMILES string of the molecule is CC(Oc1ccc2ccccc2c1)C(=O)N1CC(c2ccccn2)C1. The van der Waals surface area contributed by atoms with Gasteiger partial charge in [-0.3, -0.25) is 9.78 Å². The van der Waals surface area contributed by atoms with Crippen LogP contribution in [0.5, 0.6) is 5.75 Å². The fourth-order valence-corrected chi connectivity index (χ4v) is 3.22. The number of aromatic nitrogens is 1. The largest absolute Gasteiger partial charge is 0.481 e. The molecular formula is C21H20N2O2. The standard InChI is InChI=1S/C21H20N2O2/c1-15(25-19-10-9-16-6-2-3-7-17(16)12-19)21(24)23-13-18(14-23)20-8-4-5-11-22-20/h2-12,15,18H,13-14H2,1H3. The zero-order chi connectivity index (χ0) is 17.2. The van der Waals surface area contributed by atoms with Gasteiger partial charge >= 0.3 is 0 Å². The number of hydrogen-bond donors (Lipinski definition) is 0. The van der Waals surface area contributed by atoms with E-state index in [2.05, 4.69) is 11.1 Å². The number of carbonyl (C=O) groups is 1. The molecule has 1 saturated heterocycles. The molecule has 0 spiro atoms. The average Bonchev–Trinajstić information content (AvgIpc) is 2.61. The molecule has 4 heteroatoms. The van der Waals surface area contributed by atoms with Crippen molar-refractivity contribution in [2.75, 3.05) is 13.1 Å². The summed E-state index contributed by atoms with van der Waals surface area (Å²) in [6.07, 6.45) is 1.30. The van der Waals surface area contributed by atoms with E-state index in [1.165, 1.54) is 0 Å². The van der Waals surface area contributed by atoms with Gasteiger partial charge in [-0.15, -0.1) is 0 Å². The van der Waals surface area contributed by atoms with Crippen LogP contribution in [-0.4, -0.2) is 35.0 Å². The van der Waals surface area contributed by atoms with Gasteiger partial charge in [-0.25, -0.2) is 0 Å². The van der Waals surface area contributed by atoms with E-state index in [0.29, 0.717) is 19.0 Å². The molecule has 1 aliphatic heterocycles. The van der Waals surface area contributed by atoms with Gasteiger partial charge in [0.1, 0.15) is 5.75 Å². The Balaban J connectivity index is 1.38. The first-order valence-corrected chi connectivity index (χ1v) is 8.56. The molecule has 2 heterocycles. The highest BCUT2D eigenvalue weighted by Gasteiger charge is 2.35. The molecule has 1 fully saturated rings. The maximum Gasteiger partial charge on any atom is 0.263 e. The molecule has 4 nitrogen and oxygen atoms in total. The van der Waals surface area contributed by atoms with Crippen molar-refractivity contribution in [3.63, 3.8) is 0 Å². The quantitative estimate of drug-likeness (QED) is 0.733. The summed E-state index contributed by atoms with van der Waals surface area (Å²) >= 11 is 0. The summed E-state index contributed by atoms with van der Waals surface area (Å²) in [5.74, 6) is 1.08. The third-order valence-electron chi connectivity index (χ3n) is 4.68. The summed E-state index contributed by atoms with van der Waals surface area (Å²) in [5, 5.41) is 2.27. The van der Waals surface area contributed by atoms with Crippen LogP contribution in [0.3, 0.4) is 0 Å². The minimum atomic E-state index is -0.495. The van der Waals surface area contributed by atoms with Crippen LogP contribution >= 0.6 is 0 Å². The fourth-order valence-electron chi connectivity index (χ4n) is 3.22. The van der Waals surface area contributed by atoms with Gasteiger partial charge in [0.2, 0.25) is 0 Å². The van der Waals surface area contributed by atoms with Gasteiger partial charge in [-0.1, -0.05) is 36.4 Å². The van der Waals surface area contributed by atoms with Gasteiger partial charge in [-0.2, -0.15) is 0 Å². The Hall–Kier alpha value is -2.88. The van der Waals surface area contributed by atoms with Crippen LogP contribution in [0.4, 0.5) is 0 Å². The number of rotatable bonds is 4. The van der Waals surface area contributed by atoms with Crippen molar-refractivity contribution in [2.24, 2.45) is 0 Å². The lowest BCUT2D eigenvalue weighted by molar-refractivity contribution is -0.142. The highest BCUT2D eigenvalue weighted by Crippen LogP contribution is 2.27. The predicted molar refractivity (Wildman–Crippen MR) is 97.6 cm³/mol. The maximum absolute atomic E-state index is 12.6. The Morgan fingerprint density at radius 1 is 1.08 bits per heavy atom. The van der Waals surface area contributed by atoms with E-state index >= 15 is 0 Å². The smallest absolute Gasteiger partial charge is 0.263 e. The first-order valence-electron chi connectivity index (χ1n) is 8.56. The molecule has 2 aromatic carbocycles. The zero-order valence-corrected chi connectivity index (χ0v) is 14.1. The van der Waals surface area contributed by atoms with E-state index in [0.717, 1.165) is 22.2 Å². The third kappa shape index (κ3) is 3.20. The van der Waals surface area contributed by atoms with Crippen molar-refractivity contribution in [3.8, 4) is 5.75 Å². The molecule has 1 aliphatic rings. The van der Waals surface area contributed by atoms with Crippen molar-refractivity contribution in [2.45, 2.75) is 18.9 Å². The Bertz CT molecular complexity index is 889. The summed E-state index contributed by atoms with van der Waals surface area (Å²) in [5.41, 5.74) is 1.05. The highest BCUT2D eigenvalue weighted by molar-refractivity contribution is 5.84. The Morgan fingerprint density at radius 3 is 2.60 bits per heavy atom. The predicted octanol–water partition coefficient (Wildman–Crippen LogP) is 3.63. The number of likely N-dealkylation sites (tertiary alicyclic amines) is 1. The van der Waals surface area contributed by atoms with Crippen molar-refractivity contribution >= 4 is 16.7 Å². The van der Waals surface area contributed by atoms with Crippen LogP contribution in [0.2, 0.25) is 0 Å². The fraction of sp³-hybridized carbons (Fsp3) is 0.238. The number of pyridine rings is 1. The zero-order valence-electron chi connectivity index (χ0n) is 14.1. The molecule has 4 rings (SSSR count). The lowest BCUT2D eigenvalue weighted by Gasteiger charge is -2.40. The summed E-state index contributed by atoms with van der Waals surface area (Å²) < 4.78 is 5.88. The van der Waals surface area contributed by atoms with Crippen LogP contribution in [0, 0.1) is 0 Å². The van der Waals surface area contributed by atoms with Gasteiger partial charge in [-0.05, 0) is 42.0 Å². The molecular weight excluding hydrogens is 312 g/mol. The third-order valence-corrected chi connectivity index (χ3v) is 4.68. The van der Waals surface area contributed by atoms with Crippen LogP contribution in [0.25, 0.3) is 10.8 Å². The van der Waals surface area contributed by atoms with E-state index in [1.807, 2.05) is 66.4 Å². The van der Waals surface area contributed by atoms with Crippen molar-refractivity contribution < 1.29 is 9.53 Å². The molecule has 1 unspecified atom stereocenters. The number of hydrogen-bond acceptors (Lipinski definition) is 3. The van der Waals surface area contributed by atoms with Crippen LogP contribution in [0.15, 0.2) is 66.9 Å². The lowest BCUT2D eigenvalue weighted by atomic mass is 9.95. The molecule has 0 aliphatic carbocycles. The monoisotopic (exact) mass is 332 g/mol. The molecule has 0 radical (unpaired) electrons. The van der Waals surface area contributed by atoms with E-state index in [9.17, 15) is 4.79 Å². The molecule has 0 saturated carbocycles. The van der Waals surface area contributed by atoms with Gasteiger partial charge < -0.3 is 9.64 Å². The molecule has 126 valence electrons. The topological polar surface area (TPSA) is 42.4 Å². The number of ether oxygens (including phenoxy) is 1. The van der Waals surface area contributed by atoms with E-state index in [-0.39, 0.29) is 5.91 Å². The first-order chi connectivity index (χ1) is 12.2. The Kier molecular flexibility index (Phi) is 4.10. The highest BCUT2D eigenvalue weighted by atomic mass is 16.5. The minimum absolute atomic E-state index is 0.0281. The molecule has 0 N–H and O–H groups in total. The number of amides is 1. The van der Waals surface area contributed by atoms with E-state index in [4.69, 9.17) is 4.74 Å². The summed E-state index contributed by atoms with van der Waals surface area (Å²) in [4.78, 5) is 18.8. The second kappa shape index (κ2) is 6.55. The average molecular weight is 332 g/mol. The van der Waals surface area contributed by atoms with Crippen LogP contribution in [0.1, 0.15) is 18.5 Å². The van der Waals surface area contributed by atoms with Crippen molar-refractivity contribution in [1.82, 2.24) is 9.88 Å². The second-order valence-electron chi connectivity index (χ2n) is 6.46. The summed E-state index contributed by atoms with van der Waals surface area (Å²) in [6.45, 7) is 3.23. The van der Waals surface area contributed by atoms with Gasteiger partial charge in [0, 0.05) is 30.9 Å². The van der Waals surface area contributed by atoms with Gasteiger partial charge in [0.05, 0.1) is 0 Å². The van der Waals surface area contributed by atoms with E-state index in [1.54, 1.807) is 6.20 Å². The number of fused-ring (bicyclic) bond motifs is 1. The summed E-state index contributed by atoms with van der Waals surface area (Å²) in [7, 11) is 0. The Labute approximate surface area is 147 Å². The van der Waals surface area contributed by atoms with Gasteiger partial charge in [0.25, 0.3) is 5.91 Å². The van der Waals surface area contributed by atoms with E-state index < -0.39 is 6.10 Å². The van der Waals surface area contributed by atoms with Crippen molar-refractivity contribution in [1.29, 1.82) is 0 Å². The molecule has 1 amide bonds. The van der Waals surface area contributed by atoms with Crippen molar-refractivity contribution in [3.05, 3.63) is 72.6 Å². The number of benzene rings is 2. The number of carbonyl (C=O) groups excluding carboxylic acids is 1. The van der Waals surface area contributed by atoms with Crippen LogP contribution < -0.4 is 4.74 Å². The molecule has 1 atom stereocenters. The molecule has 3 aromatic rings. The Morgan fingerprint density at radius 2 is 1.84 bits per heavy atom. The first kappa shape index (κ1) is 15.6. The normalized spacial score (nSPS) is 15.6. The van der Waals surface area contributed by atoms with Gasteiger partial charge in [0.15, 0.2) is 6.10 Å². The molecule has 1 aromatic heterocycles. The second-order valence-corrected chi connectivity index (χ2v) is 6.46. The lowest BCUT2D eigenvalue weighted by Crippen LogP contribution is -2.52.